The molecule has 0 aliphatic heterocycles. The number of carboxylic acids is 1. The van der Waals surface area contributed by atoms with Crippen LogP contribution in [-0.4, -0.2) is 34.9 Å². The van der Waals surface area contributed by atoms with Gasteiger partial charge in [0.1, 0.15) is 0 Å². The van der Waals surface area contributed by atoms with Crippen LogP contribution in [0.25, 0.3) is 0 Å². The number of hydrogen-bond donors (Lipinski definition) is 3. The molecule has 1 aliphatic rings. The van der Waals surface area contributed by atoms with E-state index >= 15 is 0 Å². The van der Waals surface area contributed by atoms with Crippen LogP contribution in [0.4, 0.5) is 0 Å². The molecular weight excluding hydrogens is 194 g/mol. The normalized spacial score (nSPS) is 24.8. The van der Waals surface area contributed by atoms with Crippen LogP contribution in [0.15, 0.2) is 12.2 Å². The third kappa shape index (κ3) is 4.01. The highest BCUT2D eigenvalue weighted by Gasteiger charge is 2.29. The standard InChI is InChI=1S/C11H19NO3/c1-11(15,10(13)14)8-12-7-9-5-3-2-4-6-9/h2-3,9,12,15H,4-8H2,1H3,(H,13,14). The molecule has 0 saturated heterocycles. The van der Waals surface area contributed by atoms with Crippen LogP contribution in [-0.2, 0) is 4.79 Å². The molecule has 0 amide bonds. The fraction of sp³-hybridized carbons (Fsp3) is 0.727. The van der Waals surface area contributed by atoms with Crippen LogP contribution in [0.5, 0.6) is 0 Å². The van der Waals surface area contributed by atoms with Crippen molar-refractivity contribution in [3.8, 4) is 0 Å². The maximum atomic E-state index is 10.6. The Kier molecular flexibility index (Phi) is 4.29. The van der Waals surface area contributed by atoms with E-state index in [0.29, 0.717) is 5.92 Å². The van der Waals surface area contributed by atoms with Crippen LogP contribution >= 0.6 is 0 Å². The van der Waals surface area contributed by atoms with Gasteiger partial charge in [-0.1, -0.05) is 12.2 Å². The first-order valence-corrected chi connectivity index (χ1v) is 5.34. The smallest absolute Gasteiger partial charge is 0.336 e. The number of allylic oxidation sites excluding steroid dienone is 2. The number of aliphatic carboxylic acids is 1. The Balaban J connectivity index is 2.21. The monoisotopic (exact) mass is 213 g/mol. The van der Waals surface area contributed by atoms with Crippen molar-refractivity contribution in [3.63, 3.8) is 0 Å². The summed E-state index contributed by atoms with van der Waals surface area (Å²) >= 11 is 0. The molecular formula is C11H19NO3. The predicted molar refractivity (Wildman–Crippen MR) is 57.6 cm³/mol. The molecule has 1 aliphatic carbocycles. The number of carboxylic acid groups (broad SMARTS) is 1. The lowest BCUT2D eigenvalue weighted by Crippen LogP contribution is -2.45. The summed E-state index contributed by atoms with van der Waals surface area (Å²) in [4.78, 5) is 10.6. The van der Waals surface area contributed by atoms with Gasteiger partial charge in [-0.25, -0.2) is 4.79 Å². The molecule has 0 aromatic carbocycles. The van der Waals surface area contributed by atoms with E-state index in [1.165, 1.54) is 6.92 Å². The molecule has 0 aromatic heterocycles. The molecule has 15 heavy (non-hydrogen) atoms. The summed E-state index contributed by atoms with van der Waals surface area (Å²) in [5.41, 5.74) is -1.66. The maximum Gasteiger partial charge on any atom is 0.336 e. The van der Waals surface area contributed by atoms with Crippen molar-refractivity contribution in [3.05, 3.63) is 12.2 Å². The molecule has 86 valence electrons. The highest BCUT2D eigenvalue weighted by molar-refractivity contribution is 5.76. The lowest BCUT2D eigenvalue weighted by Gasteiger charge is -2.22. The van der Waals surface area contributed by atoms with E-state index in [1.807, 2.05) is 0 Å². The Bertz CT molecular complexity index is 248. The van der Waals surface area contributed by atoms with Gasteiger partial charge in [0.2, 0.25) is 0 Å². The van der Waals surface area contributed by atoms with Crippen molar-refractivity contribution in [2.45, 2.75) is 31.8 Å². The number of rotatable bonds is 5. The zero-order valence-corrected chi connectivity index (χ0v) is 9.07. The molecule has 0 spiro atoms. The van der Waals surface area contributed by atoms with E-state index in [4.69, 9.17) is 5.11 Å². The third-order valence-corrected chi connectivity index (χ3v) is 2.74. The minimum absolute atomic E-state index is 0.0997. The predicted octanol–water partition coefficient (Wildman–Crippen LogP) is 0.768. The average Bonchev–Trinajstić information content (AvgIpc) is 2.19. The largest absolute Gasteiger partial charge is 0.479 e. The summed E-state index contributed by atoms with van der Waals surface area (Å²) < 4.78 is 0. The van der Waals surface area contributed by atoms with E-state index in [1.54, 1.807) is 0 Å². The molecule has 0 bridgehead atoms. The Morgan fingerprint density at radius 1 is 1.60 bits per heavy atom. The SMILES string of the molecule is CC(O)(CNCC1CC=CCC1)C(=O)O. The highest BCUT2D eigenvalue weighted by atomic mass is 16.4. The lowest BCUT2D eigenvalue weighted by atomic mass is 9.94. The molecule has 2 atom stereocenters. The summed E-state index contributed by atoms with van der Waals surface area (Å²) in [6.07, 6.45) is 7.61. The van der Waals surface area contributed by atoms with Gasteiger partial charge in [0.05, 0.1) is 0 Å². The summed E-state index contributed by atoms with van der Waals surface area (Å²) in [7, 11) is 0. The van der Waals surface area contributed by atoms with Gasteiger partial charge in [-0.3, -0.25) is 0 Å². The molecule has 4 heteroatoms. The van der Waals surface area contributed by atoms with Gasteiger partial charge >= 0.3 is 5.97 Å². The van der Waals surface area contributed by atoms with Gasteiger partial charge in [-0.15, -0.1) is 0 Å². The van der Waals surface area contributed by atoms with Crippen molar-refractivity contribution < 1.29 is 15.0 Å². The summed E-state index contributed by atoms with van der Waals surface area (Å²) in [6, 6.07) is 0. The van der Waals surface area contributed by atoms with Crippen LogP contribution < -0.4 is 5.32 Å². The number of aliphatic hydroxyl groups is 1. The highest BCUT2D eigenvalue weighted by Crippen LogP contribution is 2.17. The van der Waals surface area contributed by atoms with Crippen LogP contribution in [0, 0.1) is 5.92 Å². The van der Waals surface area contributed by atoms with E-state index in [9.17, 15) is 9.90 Å². The van der Waals surface area contributed by atoms with Crippen LogP contribution in [0.1, 0.15) is 26.2 Å². The van der Waals surface area contributed by atoms with E-state index in [-0.39, 0.29) is 6.54 Å². The minimum atomic E-state index is -1.66. The average molecular weight is 213 g/mol. The third-order valence-electron chi connectivity index (χ3n) is 2.74. The topological polar surface area (TPSA) is 69.6 Å². The van der Waals surface area contributed by atoms with Crippen LogP contribution in [0.3, 0.4) is 0 Å². The summed E-state index contributed by atoms with van der Waals surface area (Å²) in [5, 5.41) is 21.1. The second-order valence-electron chi connectivity index (χ2n) is 4.36. The van der Waals surface area contributed by atoms with Crippen LogP contribution in [0.2, 0.25) is 0 Å². The quantitative estimate of drug-likeness (QED) is 0.590. The molecule has 0 aromatic rings. The van der Waals surface area contributed by atoms with Crippen molar-refractivity contribution in [2.24, 2.45) is 5.92 Å². The fourth-order valence-electron chi connectivity index (χ4n) is 1.64. The van der Waals surface area contributed by atoms with Gasteiger partial charge in [0.15, 0.2) is 5.60 Å². The van der Waals surface area contributed by atoms with Gasteiger partial charge in [-0.05, 0) is 38.6 Å². The molecule has 3 N–H and O–H groups in total. The van der Waals surface area contributed by atoms with Crippen molar-refractivity contribution in [1.29, 1.82) is 0 Å². The second-order valence-corrected chi connectivity index (χ2v) is 4.36. The Morgan fingerprint density at radius 3 is 2.87 bits per heavy atom. The molecule has 0 radical (unpaired) electrons. The first-order valence-electron chi connectivity index (χ1n) is 5.34. The van der Waals surface area contributed by atoms with Gasteiger partial charge in [-0.2, -0.15) is 0 Å². The number of nitrogens with one attached hydrogen (secondary N) is 1. The van der Waals surface area contributed by atoms with Crippen molar-refractivity contribution >= 4 is 5.97 Å². The Morgan fingerprint density at radius 2 is 2.33 bits per heavy atom. The zero-order chi connectivity index (χ0) is 11.3. The fourth-order valence-corrected chi connectivity index (χ4v) is 1.64. The van der Waals surface area contributed by atoms with Gasteiger partial charge in [0.25, 0.3) is 0 Å². The molecule has 0 heterocycles. The van der Waals surface area contributed by atoms with Gasteiger partial charge < -0.3 is 15.5 Å². The number of carbonyl (C=O) groups is 1. The maximum absolute atomic E-state index is 10.6. The Hall–Kier alpha value is -0.870. The minimum Gasteiger partial charge on any atom is -0.479 e. The lowest BCUT2D eigenvalue weighted by molar-refractivity contribution is -0.156. The van der Waals surface area contributed by atoms with Crippen molar-refractivity contribution in [2.75, 3.05) is 13.1 Å². The molecule has 1 rings (SSSR count). The summed E-state index contributed by atoms with van der Waals surface area (Å²) in [5.74, 6) is -0.613. The number of hydrogen-bond acceptors (Lipinski definition) is 3. The van der Waals surface area contributed by atoms with Crippen molar-refractivity contribution in [1.82, 2.24) is 5.32 Å². The first kappa shape index (κ1) is 12.2. The molecule has 0 fully saturated rings. The summed E-state index contributed by atoms with van der Waals surface area (Å²) in [6.45, 7) is 2.18. The molecule has 0 saturated carbocycles. The Labute approximate surface area is 90.0 Å². The second kappa shape index (κ2) is 5.28. The van der Waals surface area contributed by atoms with Gasteiger partial charge in [0, 0.05) is 6.54 Å². The molecule has 2 unspecified atom stereocenters. The molecule has 4 nitrogen and oxygen atoms in total. The van der Waals surface area contributed by atoms with E-state index in [0.717, 1.165) is 25.8 Å². The zero-order valence-electron chi connectivity index (χ0n) is 9.07. The first-order chi connectivity index (χ1) is 7.02. The van der Waals surface area contributed by atoms with E-state index < -0.39 is 11.6 Å². The van der Waals surface area contributed by atoms with E-state index in [2.05, 4.69) is 17.5 Å².